The predicted octanol–water partition coefficient (Wildman–Crippen LogP) is 6.52. The van der Waals surface area contributed by atoms with E-state index in [0.717, 1.165) is 36.8 Å². The quantitative estimate of drug-likeness (QED) is 0.113. The second kappa shape index (κ2) is 17.7. The molecule has 60 heavy (non-hydrogen) atoms. The number of hydrogen-bond acceptors (Lipinski definition) is 10. The highest BCUT2D eigenvalue weighted by molar-refractivity contribution is 5.82. The third kappa shape index (κ3) is 9.19. The van der Waals surface area contributed by atoms with Gasteiger partial charge in [0.2, 0.25) is 0 Å². The van der Waals surface area contributed by atoms with Crippen LogP contribution in [0.1, 0.15) is 96.6 Å². The smallest absolute Gasteiger partial charge is 0.310 e. The van der Waals surface area contributed by atoms with Crippen molar-refractivity contribution in [3.05, 3.63) is 72.1 Å². The number of rotatable bonds is 15. The summed E-state index contributed by atoms with van der Waals surface area (Å²) in [5.41, 5.74) is 0.313. The molecule has 6 rings (SSSR count). The molecule has 0 amide bonds. The van der Waals surface area contributed by atoms with E-state index in [2.05, 4.69) is 38.6 Å². The zero-order valence-corrected chi connectivity index (χ0v) is 35.4. The van der Waals surface area contributed by atoms with E-state index >= 15 is 0 Å². The average Bonchev–Trinajstić information content (AvgIpc) is 3.38. The third-order valence-corrected chi connectivity index (χ3v) is 13.9. The summed E-state index contributed by atoms with van der Waals surface area (Å²) in [4.78, 5) is 73.1. The summed E-state index contributed by atoms with van der Waals surface area (Å²) in [5, 5.41) is 21.6. The molecule has 4 aliphatic rings. The number of nitrogens with zero attached hydrogens (tertiary/aromatic N) is 2. The second-order valence-corrected chi connectivity index (χ2v) is 17.6. The molecule has 0 radical (unpaired) electrons. The molecule has 14 heteroatoms. The van der Waals surface area contributed by atoms with Crippen LogP contribution >= 0.6 is 0 Å². The van der Waals surface area contributed by atoms with Gasteiger partial charge in [0, 0.05) is 79.1 Å². The lowest BCUT2D eigenvalue weighted by Crippen LogP contribution is -2.62. The second-order valence-electron chi connectivity index (χ2n) is 17.6. The summed E-state index contributed by atoms with van der Waals surface area (Å²) in [7, 11) is 4.37. The van der Waals surface area contributed by atoms with Crippen LogP contribution < -0.4 is 18.9 Å². The summed E-state index contributed by atoms with van der Waals surface area (Å²) in [6.45, 7) is 5.11. The molecule has 2 aromatic rings. The zero-order valence-electron chi connectivity index (χ0n) is 35.4. The first-order valence-electron chi connectivity index (χ1n) is 20.8. The molecule has 2 aromatic carbocycles. The van der Waals surface area contributed by atoms with E-state index in [1.54, 1.807) is 24.3 Å². The highest BCUT2D eigenvalue weighted by Crippen LogP contribution is 2.58. The van der Waals surface area contributed by atoms with E-state index in [1.807, 2.05) is 12.1 Å². The van der Waals surface area contributed by atoms with Crippen molar-refractivity contribution in [1.29, 1.82) is 0 Å². The molecule has 4 aliphatic heterocycles. The molecular weight excluding hydrogens is 773 g/mol. The molecule has 0 aliphatic carbocycles. The number of ether oxygens (including phenoxy) is 4. The average molecular weight is 831 g/mol. The predicted molar refractivity (Wildman–Crippen MR) is 218 cm³/mol. The van der Waals surface area contributed by atoms with Crippen LogP contribution in [0, 0.1) is 17.3 Å². The minimum atomic E-state index is -1.40. The molecule has 322 valence electrons. The van der Waals surface area contributed by atoms with Gasteiger partial charge < -0.3 is 29.2 Å². The van der Waals surface area contributed by atoms with Crippen LogP contribution in [0.4, 0.5) is 0 Å². The molecule has 0 aromatic heterocycles. The summed E-state index contributed by atoms with van der Waals surface area (Å²) in [5.74, 6) is -4.12. The Bertz CT molecular complexity index is 1930. The molecule has 4 heterocycles. The largest absolute Gasteiger partial charge is 0.481 e. The van der Waals surface area contributed by atoms with E-state index in [1.165, 1.54) is 27.7 Å². The van der Waals surface area contributed by atoms with E-state index in [9.17, 15) is 39.0 Å². The van der Waals surface area contributed by atoms with Crippen molar-refractivity contribution in [3.63, 3.8) is 0 Å². The number of fused-ring (bicyclic) bond motifs is 4. The molecule has 0 spiro atoms. The Kier molecular flexibility index (Phi) is 13.1. The maximum Gasteiger partial charge on any atom is 0.310 e. The van der Waals surface area contributed by atoms with Crippen LogP contribution in [0.3, 0.4) is 0 Å². The van der Waals surface area contributed by atoms with Crippen LogP contribution in [0.2, 0.25) is 0 Å². The molecule has 4 unspecified atom stereocenters. The van der Waals surface area contributed by atoms with E-state index in [-0.39, 0.29) is 59.0 Å². The van der Waals surface area contributed by atoms with Crippen LogP contribution in [-0.2, 0) is 41.6 Å². The first-order chi connectivity index (χ1) is 28.3. The Morgan fingerprint density at radius 3 is 1.22 bits per heavy atom. The molecule has 2 N–H and O–H groups in total. The monoisotopic (exact) mass is 830 g/mol. The van der Waals surface area contributed by atoms with Crippen molar-refractivity contribution in [2.75, 3.05) is 14.1 Å². The maximum absolute atomic E-state index is 13.7. The summed E-state index contributed by atoms with van der Waals surface area (Å²) >= 11 is 0. The number of benzene rings is 2. The molecular formula is C46H58N2O12+2. The van der Waals surface area contributed by atoms with Crippen molar-refractivity contribution in [1.82, 2.24) is 0 Å². The van der Waals surface area contributed by atoms with Crippen LogP contribution in [0.15, 0.2) is 61.0 Å². The Morgan fingerprint density at radius 2 is 0.917 bits per heavy atom. The van der Waals surface area contributed by atoms with Gasteiger partial charge in [-0.3, -0.25) is 37.7 Å². The molecule has 4 fully saturated rings. The van der Waals surface area contributed by atoms with E-state index in [0.29, 0.717) is 47.5 Å². The Balaban J connectivity index is 1.18. The van der Waals surface area contributed by atoms with Gasteiger partial charge in [-0.05, 0) is 72.2 Å². The van der Waals surface area contributed by atoms with Gasteiger partial charge in [0.1, 0.15) is 0 Å². The number of esters is 4. The number of carboxylic acid groups (broad SMARTS) is 2. The lowest BCUT2D eigenvalue weighted by atomic mass is 9.57. The molecule has 4 saturated heterocycles. The van der Waals surface area contributed by atoms with E-state index < -0.39 is 47.7 Å². The number of piperidine rings is 2. The summed E-state index contributed by atoms with van der Waals surface area (Å²) < 4.78 is 22.3. The first kappa shape index (κ1) is 44.2. The highest BCUT2D eigenvalue weighted by atomic mass is 16.6. The highest BCUT2D eigenvalue weighted by Gasteiger charge is 2.64. The van der Waals surface area contributed by atoms with Gasteiger partial charge in [-0.25, -0.2) is 0 Å². The van der Waals surface area contributed by atoms with Gasteiger partial charge in [0.05, 0.1) is 62.5 Å². The van der Waals surface area contributed by atoms with Gasteiger partial charge in [0.15, 0.2) is 23.0 Å². The lowest BCUT2D eigenvalue weighted by molar-refractivity contribution is -0.904. The number of carbonyl (C=O) groups is 6. The molecule has 8 atom stereocenters. The van der Waals surface area contributed by atoms with Crippen molar-refractivity contribution in [3.8, 4) is 23.0 Å². The maximum atomic E-state index is 13.7. The summed E-state index contributed by atoms with van der Waals surface area (Å²) in [6.07, 6.45) is 15.3. The van der Waals surface area contributed by atoms with Gasteiger partial charge in [0.25, 0.3) is 0 Å². The van der Waals surface area contributed by atoms with Crippen molar-refractivity contribution < 1.29 is 66.9 Å². The number of carboxylic acids is 2. The standard InChI is InChI=1S/C46H56N2O12/c1-28(49)57-40-17-11-32(21-42(40)59-30(3)51)9-7-19-47(5)36-13-14-37(47)24-34(23-36)46(45(55)56,27-44(53)54)35-25-38-15-16-39(26-35)48(38,6)20-8-10-33-12-18-41(58-29(2)50)43(22-33)60-31(4)52/h7-8,11-12,17-22,34-39H,9-10,13-16,23-27H2,1-6H3/p+2/t34?,35?,36-,37+,38-,39+,46?,47?,48?. The number of aliphatic carboxylic acids is 2. The van der Waals surface area contributed by atoms with Crippen LogP contribution in [0.5, 0.6) is 23.0 Å². The topological polar surface area (TPSA) is 180 Å². The van der Waals surface area contributed by atoms with Crippen LogP contribution in [0.25, 0.3) is 0 Å². The van der Waals surface area contributed by atoms with Gasteiger partial charge in [-0.15, -0.1) is 0 Å². The zero-order chi connectivity index (χ0) is 43.6. The third-order valence-electron chi connectivity index (χ3n) is 13.9. The minimum Gasteiger partial charge on any atom is -0.481 e. The number of allylic oxidation sites excluding steroid dienone is 2. The normalized spacial score (nSPS) is 29.2. The Morgan fingerprint density at radius 1 is 0.583 bits per heavy atom. The van der Waals surface area contributed by atoms with Gasteiger partial charge >= 0.3 is 35.8 Å². The molecule has 4 bridgehead atoms. The minimum absolute atomic E-state index is 0.134. The summed E-state index contributed by atoms with van der Waals surface area (Å²) in [6, 6.07) is 10.7. The van der Waals surface area contributed by atoms with Crippen LogP contribution in [-0.4, -0.2) is 93.3 Å². The first-order valence-corrected chi connectivity index (χ1v) is 20.8. The molecule has 14 nitrogen and oxygen atoms in total. The van der Waals surface area contributed by atoms with Gasteiger partial charge in [-0.2, -0.15) is 0 Å². The SMILES string of the molecule is CC(=O)Oc1ccc(CC=C[N+]2(C)[C@@H]3CC[C@H]2CC(C(CC(=O)O)(C(=O)O)C2C[C@H]4CC[C@@H](C2)[N+]4(C)C=CCc2ccc(OC(C)=O)c(OC(C)=O)c2)C3)cc1OC(C)=O. The Labute approximate surface area is 350 Å². The number of quaternary nitrogens is 2. The molecule has 0 saturated carbocycles. The van der Waals surface area contributed by atoms with E-state index in [4.69, 9.17) is 18.9 Å². The number of carbonyl (C=O) groups excluding carboxylic acids is 4. The van der Waals surface area contributed by atoms with Crippen molar-refractivity contribution in [2.45, 2.75) is 122 Å². The van der Waals surface area contributed by atoms with Gasteiger partial charge in [-0.1, -0.05) is 12.1 Å². The fourth-order valence-corrected chi connectivity index (χ4v) is 11.1. The fraction of sp³-hybridized carbons (Fsp3) is 0.522. The Hall–Kier alpha value is -5.34. The lowest BCUT2D eigenvalue weighted by Gasteiger charge is -2.54. The van der Waals surface area contributed by atoms with Crippen molar-refractivity contribution >= 4 is 35.8 Å². The number of hydrogen-bond donors (Lipinski definition) is 2. The fourth-order valence-electron chi connectivity index (χ4n) is 11.1. The van der Waals surface area contributed by atoms with Crippen molar-refractivity contribution in [2.24, 2.45) is 17.3 Å².